The molecule has 0 radical (unpaired) electrons. The fraction of sp³-hybridized carbons (Fsp3) is 0.462. The summed E-state index contributed by atoms with van der Waals surface area (Å²) in [6.07, 6.45) is 0. The van der Waals surface area contributed by atoms with Gasteiger partial charge in [-0.15, -0.1) is 0 Å². The Hall–Kier alpha value is -1.87. The number of ether oxygens (including phenoxy) is 1. The molecule has 0 spiro atoms. The van der Waals surface area contributed by atoms with Crippen molar-refractivity contribution in [2.24, 2.45) is 10.9 Å². The number of hydrogen-bond donors (Lipinski definition) is 6. The number of nitrogens with zero attached hydrogens (tertiary/aromatic N) is 1. The second-order valence-corrected chi connectivity index (χ2v) is 4.63. The van der Waals surface area contributed by atoms with E-state index in [1.165, 1.54) is 7.11 Å². The molecule has 0 aliphatic rings. The molecular weight excluding hydrogens is 278 g/mol. The Morgan fingerprint density at radius 1 is 1.29 bits per heavy atom. The molecule has 8 nitrogen and oxygen atoms in total. The van der Waals surface area contributed by atoms with Crippen LogP contribution < -0.4 is 15.8 Å². The van der Waals surface area contributed by atoms with E-state index in [1.807, 2.05) is 0 Å². The highest BCUT2D eigenvalue weighted by Gasteiger charge is 2.27. The van der Waals surface area contributed by atoms with Gasteiger partial charge in [-0.05, 0) is 17.7 Å². The van der Waals surface area contributed by atoms with Gasteiger partial charge >= 0.3 is 0 Å². The number of rotatable bonds is 8. The van der Waals surface area contributed by atoms with Crippen LogP contribution in [-0.4, -0.2) is 58.8 Å². The number of amidine groups is 1. The number of benzene rings is 1. The van der Waals surface area contributed by atoms with Gasteiger partial charge in [-0.3, -0.25) is 0 Å². The molecule has 8 heteroatoms. The zero-order valence-corrected chi connectivity index (χ0v) is 11.8. The van der Waals surface area contributed by atoms with Gasteiger partial charge in [0.2, 0.25) is 0 Å². The van der Waals surface area contributed by atoms with Crippen LogP contribution in [0.1, 0.15) is 11.1 Å². The molecule has 0 saturated carbocycles. The Kier molecular flexibility index (Phi) is 6.38. The molecule has 118 valence electrons. The summed E-state index contributed by atoms with van der Waals surface area (Å²) in [4.78, 5) is 0. The van der Waals surface area contributed by atoms with Crippen molar-refractivity contribution in [1.29, 1.82) is 0 Å². The van der Waals surface area contributed by atoms with Gasteiger partial charge in [0.1, 0.15) is 5.75 Å². The molecule has 1 aromatic carbocycles. The number of aliphatic hydroxyl groups excluding tert-OH is 3. The monoisotopic (exact) mass is 299 g/mol. The summed E-state index contributed by atoms with van der Waals surface area (Å²) in [5.74, 6) is 0.356. The molecule has 1 rings (SSSR count). The van der Waals surface area contributed by atoms with E-state index in [0.29, 0.717) is 11.3 Å². The summed E-state index contributed by atoms with van der Waals surface area (Å²) < 4.78 is 5.17. The Labute approximate surface area is 122 Å². The second kappa shape index (κ2) is 7.79. The Balaban J connectivity index is 2.91. The minimum absolute atomic E-state index is 0.0678. The highest BCUT2D eigenvalue weighted by atomic mass is 16.5. The lowest BCUT2D eigenvalue weighted by Gasteiger charge is -2.29. The van der Waals surface area contributed by atoms with Gasteiger partial charge in [0.25, 0.3) is 0 Å². The van der Waals surface area contributed by atoms with E-state index in [4.69, 9.17) is 15.7 Å². The lowest BCUT2D eigenvalue weighted by molar-refractivity contribution is 0.0414. The third-order valence-corrected chi connectivity index (χ3v) is 3.23. The van der Waals surface area contributed by atoms with E-state index in [-0.39, 0.29) is 12.4 Å². The largest absolute Gasteiger partial charge is 0.496 e. The highest BCUT2D eigenvalue weighted by Crippen LogP contribution is 2.20. The molecule has 7 N–H and O–H groups in total. The van der Waals surface area contributed by atoms with Crippen LogP contribution >= 0.6 is 0 Å². The van der Waals surface area contributed by atoms with Crippen molar-refractivity contribution in [2.75, 3.05) is 26.9 Å². The van der Waals surface area contributed by atoms with Crippen LogP contribution in [0.5, 0.6) is 5.75 Å². The third kappa shape index (κ3) is 4.05. The van der Waals surface area contributed by atoms with Crippen molar-refractivity contribution in [3.05, 3.63) is 29.3 Å². The van der Waals surface area contributed by atoms with Crippen LogP contribution in [0, 0.1) is 0 Å². The van der Waals surface area contributed by atoms with Crippen LogP contribution in [0.2, 0.25) is 0 Å². The van der Waals surface area contributed by atoms with Crippen molar-refractivity contribution in [3.8, 4) is 5.75 Å². The molecule has 21 heavy (non-hydrogen) atoms. The number of hydrogen-bond acceptors (Lipinski definition) is 7. The summed E-state index contributed by atoms with van der Waals surface area (Å²) in [6.45, 7) is -0.924. The first kappa shape index (κ1) is 17.2. The van der Waals surface area contributed by atoms with E-state index in [0.717, 1.165) is 5.56 Å². The van der Waals surface area contributed by atoms with Gasteiger partial charge < -0.3 is 36.3 Å². The molecule has 0 amide bonds. The molecule has 0 aromatic heterocycles. The summed E-state index contributed by atoms with van der Waals surface area (Å²) in [7, 11) is 1.46. The Morgan fingerprint density at radius 3 is 2.38 bits per heavy atom. The second-order valence-electron chi connectivity index (χ2n) is 4.63. The third-order valence-electron chi connectivity index (χ3n) is 3.23. The molecular formula is C13H21N3O5. The number of oxime groups is 1. The minimum atomic E-state index is -1.16. The van der Waals surface area contributed by atoms with Crippen molar-refractivity contribution in [1.82, 2.24) is 5.32 Å². The first-order chi connectivity index (χ1) is 10.1. The lowest BCUT2D eigenvalue weighted by Crippen LogP contribution is -2.54. The quantitative estimate of drug-likeness (QED) is 0.150. The van der Waals surface area contributed by atoms with Crippen LogP contribution in [-0.2, 0) is 6.54 Å². The van der Waals surface area contributed by atoms with Crippen LogP contribution in [0.25, 0.3) is 0 Å². The molecule has 0 saturated heterocycles. The maximum atomic E-state index is 9.24. The Morgan fingerprint density at radius 2 is 1.90 bits per heavy atom. The van der Waals surface area contributed by atoms with E-state index < -0.39 is 25.4 Å². The van der Waals surface area contributed by atoms with E-state index in [2.05, 4.69) is 10.5 Å². The molecule has 0 fully saturated rings. The van der Waals surface area contributed by atoms with Gasteiger partial charge in [0.15, 0.2) is 5.84 Å². The molecule has 0 bridgehead atoms. The first-order valence-electron chi connectivity index (χ1n) is 6.28. The zero-order valence-electron chi connectivity index (χ0n) is 11.8. The number of nitrogens with two attached hydrogens (primary N) is 1. The van der Waals surface area contributed by atoms with Crippen molar-refractivity contribution in [3.63, 3.8) is 0 Å². The average Bonchev–Trinajstić information content (AvgIpc) is 2.55. The smallest absolute Gasteiger partial charge is 0.173 e. The predicted octanol–water partition coefficient (Wildman–Crippen LogP) is -1.40. The number of nitrogens with one attached hydrogen (secondary N) is 1. The average molecular weight is 299 g/mol. The van der Waals surface area contributed by atoms with Gasteiger partial charge in [0, 0.05) is 6.54 Å². The summed E-state index contributed by atoms with van der Waals surface area (Å²) in [6, 6.07) is 5.03. The lowest BCUT2D eigenvalue weighted by atomic mass is 10.0. The molecule has 0 aliphatic heterocycles. The van der Waals surface area contributed by atoms with Crippen molar-refractivity contribution in [2.45, 2.75) is 12.1 Å². The summed E-state index contributed by atoms with van der Waals surface area (Å²) in [5.41, 5.74) is 5.60. The van der Waals surface area contributed by atoms with Crippen LogP contribution in [0.15, 0.2) is 23.4 Å². The van der Waals surface area contributed by atoms with Gasteiger partial charge in [-0.2, -0.15) is 0 Å². The SMILES string of the molecule is COc1cc(CNC(CO)(CO)CO)ccc1/C(N)=N/O. The fourth-order valence-electron chi connectivity index (χ4n) is 1.72. The van der Waals surface area contributed by atoms with Gasteiger partial charge in [-0.25, -0.2) is 0 Å². The van der Waals surface area contributed by atoms with Crippen LogP contribution in [0.3, 0.4) is 0 Å². The van der Waals surface area contributed by atoms with E-state index in [9.17, 15) is 15.3 Å². The maximum Gasteiger partial charge on any atom is 0.173 e. The summed E-state index contributed by atoms with van der Waals surface area (Å²) in [5, 5.41) is 42.2. The topological polar surface area (TPSA) is 141 Å². The molecule has 0 heterocycles. The molecule has 0 aliphatic carbocycles. The fourth-order valence-corrected chi connectivity index (χ4v) is 1.72. The van der Waals surface area contributed by atoms with Gasteiger partial charge in [-0.1, -0.05) is 11.2 Å². The standard InChI is InChI=1S/C13H21N3O5/c1-21-11-4-9(2-3-10(11)12(14)16-20)5-15-13(6-17,7-18)8-19/h2-4,15,17-20H,5-8H2,1H3,(H2,14,16). The van der Waals surface area contributed by atoms with E-state index >= 15 is 0 Å². The highest BCUT2D eigenvalue weighted by molar-refractivity contribution is 5.99. The first-order valence-corrected chi connectivity index (χ1v) is 6.28. The molecule has 0 unspecified atom stereocenters. The van der Waals surface area contributed by atoms with Crippen molar-refractivity contribution >= 4 is 5.84 Å². The van der Waals surface area contributed by atoms with Crippen LogP contribution in [0.4, 0.5) is 0 Å². The maximum absolute atomic E-state index is 9.24. The summed E-state index contributed by atoms with van der Waals surface area (Å²) >= 11 is 0. The molecule has 1 aromatic rings. The normalized spacial score (nSPS) is 12.5. The predicted molar refractivity (Wildman–Crippen MR) is 76.3 cm³/mol. The molecule has 0 atom stereocenters. The number of aliphatic hydroxyl groups is 3. The van der Waals surface area contributed by atoms with E-state index in [1.54, 1.807) is 18.2 Å². The zero-order chi connectivity index (χ0) is 15.9. The number of methoxy groups -OCH3 is 1. The van der Waals surface area contributed by atoms with Gasteiger partial charge in [0.05, 0.1) is 38.0 Å². The van der Waals surface area contributed by atoms with Crippen molar-refractivity contribution < 1.29 is 25.3 Å². The minimum Gasteiger partial charge on any atom is -0.496 e. The Bertz CT molecular complexity index is 480.